The van der Waals surface area contributed by atoms with Crippen LogP contribution in [0.4, 0.5) is 13.2 Å². The van der Waals surface area contributed by atoms with Crippen LogP contribution in [0.5, 0.6) is 0 Å². The molecule has 0 N–H and O–H groups in total. The lowest BCUT2D eigenvalue weighted by Crippen LogP contribution is -2.23. The Kier molecular flexibility index (Phi) is 5.44. The highest BCUT2D eigenvalue weighted by atomic mass is 32.1. The first-order valence-corrected chi connectivity index (χ1v) is 9.66. The van der Waals surface area contributed by atoms with Crippen molar-refractivity contribution >= 4 is 18.4 Å². The number of nitrogens with zero attached hydrogens (tertiary/aromatic N) is 3. The number of rotatable bonds is 4. The molecular formula is C21H26F3N3S. The Hall–Kier alpha value is -1.73. The maximum atomic E-state index is 13.2. The first kappa shape index (κ1) is 21.0. The molecule has 1 aromatic heterocycles. The van der Waals surface area contributed by atoms with E-state index in [1.165, 1.54) is 12.1 Å². The number of halogens is 3. The van der Waals surface area contributed by atoms with Gasteiger partial charge in [-0.25, -0.2) is 4.68 Å². The van der Waals surface area contributed by atoms with Crippen molar-refractivity contribution in [3.8, 4) is 5.69 Å². The van der Waals surface area contributed by atoms with E-state index in [9.17, 15) is 13.2 Å². The Morgan fingerprint density at radius 1 is 1.36 bits per heavy atom. The topological polar surface area (TPSA) is 21.1 Å². The normalized spacial score (nSPS) is 16.3. The van der Waals surface area contributed by atoms with Gasteiger partial charge < -0.3 is 0 Å². The lowest BCUT2D eigenvalue weighted by atomic mass is 9.75. The smallest absolute Gasteiger partial charge is 0.252 e. The fourth-order valence-electron chi connectivity index (χ4n) is 3.84. The summed E-state index contributed by atoms with van der Waals surface area (Å²) in [6.45, 7) is 10.7. The first-order chi connectivity index (χ1) is 12.9. The monoisotopic (exact) mass is 409 g/mol. The molecule has 0 radical (unpaired) electrons. The average Bonchev–Trinajstić information content (AvgIpc) is 2.90. The summed E-state index contributed by atoms with van der Waals surface area (Å²) >= 11 is 4.24. The summed E-state index contributed by atoms with van der Waals surface area (Å²) in [6.07, 6.45) is -1.67. The zero-order valence-electron chi connectivity index (χ0n) is 16.7. The molecule has 2 aromatic rings. The van der Waals surface area contributed by atoms with Crippen molar-refractivity contribution in [3.63, 3.8) is 0 Å². The third-order valence-corrected chi connectivity index (χ3v) is 5.36. The second kappa shape index (κ2) is 7.26. The quantitative estimate of drug-likeness (QED) is 0.653. The molecule has 3 rings (SSSR count). The van der Waals surface area contributed by atoms with Crippen LogP contribution in [-0.4, -0.2) is 21.1 Å². The molecule has 28 heavy (non-hydrogen) atoms. The molecule has 0 fully saturated rings. The fourth-order valence-corrected chi connectivity index (χ4v) is 3.99. The zero-order chi connectivity index (χ0) is 20.9. The molecule has 152 valence electrons. The van der Waals surface area contributed by atoms with Gasteiger partial charge in [0.05, 0.1) is 16.9 Å². The third kappa shape index (κ3) is 4.15. The maximum absolute atomic E-state index is 13.2. The van der Waals surface area contributed by atoms with Gasteiger partial charge in [0.25, 0.3) is 0 Å². The number of hydrogen-bond donors (Lipinski definition) is 1. The van der Waals surface area contributed by atoms with Crippen LogP contribution < -0.4 is 0 Å². The number of hydrogen-bond acceptors (Lipinski definition) is 3. The van der Waals surface area contributed by atoms with E-state index >= 15 is 0 Å². The molecule has 1 aliphatic carbocycles. The van der Waals surface area contributed by atoms with Gasteiger partial charge in [-0.05, 0) is 68.0 Å². The van der Waals surface area contributed by atoms with Crippen molar-refractivity contribution < 1.29 is 13.2 Å². The van der Waals surface area contributed by atoms with Crippen molar-refractivity contribution in [2.45, 2.75) is 52.8 Å². The minimum absolute atomic E-state index is 0.166. The van der Waals surface area contributed by atoms with Gasteiger partial charge in [-0.15, -0.1) is 0 Å². The third-order valence-electron chi connectivity index (χ3n) is 5.22. The number of benzene rings is 1. The maximum Gasteiger partial charge on any atom is 0.416 e. The van der Waals surface area contributed by atoms with E-state index in [1.54, 1.807) is 11.4 Å². The van der Waals surface area contributed by atoms with E-state index in [0.29, 0.717) is 11.3 Å². The van der Waals surface area contributed by atoms with E-state index in [0.717, 1.165) is 47.9 Å². The van der Waals surface area contributed by atoms with E-state index < -0.39 is 11.7 Å². The molecule has 0 bridgehead atoms. The van der Waals surface area contributed by atoms with E-state index in [-0.39, 0.29) is 12.0 Å². The van der Waals surface area contributed by atoms with Crippen LogP contribution in [0.2, 0.25) is 0 Å². The number of alkyl halides is 3. The van der Waals surface area contributed by atoms with Gasteiger partial charge in [0, 0.05) is 17.8 Å². The molecule has 1 heterocycles. The number of fused-ring (bicyclic) bond motifs is 1. The van der Waals surface area contributed by atoms with Crippen LogP contribution in [0.15, 0.2) is 24.8 Å². The zero-order valence-corrected chi connectivity index (χ0v) is 17.6. The van der Waals surface area contributed by atoms with E-state index in [1.807, 2.05) is 11.6 Å². The number of allylic oxidation sites excluding steroid dienone is 1. The van der Waals surface area contributed by atoms with E-state index in [4.69, 9.17) is 5.10 Å². The van der Waals surface area contributed by atoms with Crippen LogP contribution in [0.25, 0.3) is 11.3 Å². The summed E-state index contributed by atoms with van der Waals surface area (Å²) in [5.74, 6) is 0. The van der Waals surface area contributed by atoms with Crippen molar-refractivity contribution in [1.82, 2.24) is 14.1 Å². The Bertz CT molecular complexity index is 910. The molecule has 0 aliphatic heterocycles. The molecule has 1 aliphatic rings. The second-order valence-corrected chi connectivity index (χ2v) is 9.15. The Morgan fingerprint density at radius 3 is 2.61 bits per heavy atom. The van der Waals surface area contributed by atoms with Gasteiger partial charge in [-0.1, -0.05) is 33.2 Å². The Labute approximate surface area is 169 Å². The predicted octanol–water partition coefficient (Wildman–Crippen LogP) is 5.72. The van der Waals surface area contributed by atoms with Gasteiger partial charge in [-0.3, -0.25) is 4.31 Å². The molecule has 0 saturated heterocycles. The highest BCUT2D eigenvalue weighted by Gasteiger charge is 2.34. The van der Waals surface area contributed by atoms with Crippen molar-refractivity contribution in [3.05, 3.63) is 52.9 Å². The van der Waals surface area contributed by atoms with Crippen LogP contribution in [0.1, 0.15) is 55.3 Å². The predicted molar refractivity (Wildman–Crippen MR) is 110 cm³/mol. The minimum Gasteiger partial charge on any atom is -0.252 e. The van der Waals surface area contributed by atoms with Crippen molar-refractivity contribution in [2.24, 2.45) is 5.41 Å². The summed E-state index contributed by atoms with van der Waals surface area (Å²) in [5.41, 5.74) is 4.66. The fraction of sp³-hybridized carbons (Fsp3) is 0.476. The largest absolute Gasteiger partial charge is 0.416 e. The van der Waals surface area contributed by atoms with Crippen LogP contribution >= 0.6 is 12.8 Å². The lowest BCUT2D eigenvalue weighted by molar-refractivity contribution is -0.137. The molecule has 7 heteroatoms. The Balaban J connectivity index is 2.20. The van der Waals surface area contributed by atoms with Gasteiger partial charge in [0.15, 0.2) is 0 Å². The van der Waals surface area contributed by atoms with Gasteiger partial charge in [0.2, 0.25) is 0 Å². The highest BCUT2D eigenvalue weighted by Crippen LogP contribution is 2.39. The summed E-state index contributed by atoms with van der Waals surface area (Å²) in [5, 5.41) is 4.78. The van der Waals surface area contributed by atoms with Gasteiger partial charge in [0.1, 0.15) is 0 Å². The van der Waals surface area contributed by atoms with Crippen molar-refractivity contribution in [2.75, 3.05) is 7.05 Å². The summed E-state index contributed by atoms with van der Waals surface area (Å²) in [6, 6.07) is 3.84. The SMILES string of the molecule is C=C(C)c1nn(-c2ccc(C(F)(F)F)cc2CN(C)S)c2c1CC(C)(C)CC2. The molecular weight excluding hydrogens is 383 g/mol. The lowest BCUT2D eigenvalue weighted by Gasteiger charge is -2.30. The first-order valence-electron chi connectivity index (χ1n) is 9.26. The number of aromatic nitrogens is 2. The molecule has 0 atom stereocenters. The Morgan fingerprint density at radius 2 is 2.04 bits per heavy atom. The summed E-state index contributed by atoms with van der Waals surface area (Å²) < 4.78 is 43.1. The molecule has 0 spiro atoms. The molecule has 0 unspecified atom stereocenters. The standard InChI is InChI=1S/C21H26F3N3S/c1-13(2)19-16-11-20(3,4)9-8-18(16)27(25-19)17-7-6-15(21(22,23)24)10-14(17)12-26(5)28/h6-7,10,28H,1,8-9,11-12H2,2-5H3. The minimum atomic E-state index is -4.39. The van der Waals surface area contributed by atoms with Crippen LogP contribution in [-0.2, 0) is 25.6 Å². The highest BCUT2D eigenvalue weighted by molar-refractivity contribution is 7.77. The summed E-state index contributed by atoms with van der Waals surface area (Å²) in [7, 11) is 1.72. The molecule has 0 saturated carbocycles. The molecule has 1 aromatic carbocycles. The van der Waals surface area contributed by atoms with Crippen LogP contribution in [0, 0.1) is 5.41 Å². The molecule has 0 amide bonds. The van der Waals surface area contributed by atoms with Crippen molar-refractivity contribution in [1.29, 1.82) is 0 Å². The van der Waals surface area contributed by atoms with Gasteiger partial charge >= 0.3 is 6.18 Å². The van der Waals surface area contributed by atoms with Crippen LogP contribution in [0.3, 0.4) is 0 Å². The van der Waals surface area contributed by atoms with E-state index in [2.05, 4.69) is 33.2 Å². The average molecular weight is 410 g/mol. The number of thiol groups is 1. The second-order valence-electron chi connectivity index (χ2n) is 8.46. The summed E-state index contributed by atoms with van der Waals surface area (Å²) in [4.78, 5) is 0. The molecule has 3 nitrogen and oxygen atoms in total. The van der Waals surface area contributed by atoms with Gasteiger partial charge in [-0.2, -0.15) is 18.3 Å².